The average Bonchev–Trinajstić information content (AvgIpc) is 3.37. The molecule has 1 N–H and O–H groups in total. The molecule has 0 bridgehead atoms. The van der Waals surface area contributed by atoms with E-state index in [1.165, 1.54) is 10.5 Å². The summed E-state index contributed by atoms with van der Waals surface area (Å²) in [5.74, 6) is -0.0498. The van der Waals surface area contributed by atoms with Gasteiger partial charge in [-0.25, -0.2) is 0 Å². The van der Waals surface area contributed by atoms with Crippen LogP contribution in [0.4, 0.5) is 0 Å². The number of benzene rings is 1. The molecule has 8 heteroatoms. The minimum absolute atomic E-state index is 0.0199. The number of aromatic nitrogens is 2. The van der Waals surface area contributed by atoms with E-state index in [1.54, 1.807) is 24.4 Å². The smallest absolute Gasteiger partial charge is 0.269 e. The van der Waals surface area contributed by atoms with Gasteiger partial charge < -0.3 is 14.8 Å². The summed E-state index contributed by atoms with van der Waals surface area (Å²) in [5, 5.41) is 12.4. The molecular formula is C26H26N4O4. The van der Waals surface area contributed by atoms with Crippen LogP contribution >= 0.6 is 0 Å². The van der Waals surface area contributed by atoms with Gasteiger partial charge in [0.15, 0.2) is 0 Å². The molecule has 2 aromatic heterocycles. The molecule has 3 heterocycles. The lowest BCUT2D eigenvalue weighted by Gasteiger charge is -2.12. The molecular weight excluding hydrogens is 432 g/mol. The van der Waals surface area contributed by atoms with Gasteiger partial charge in [-0.3, -0.25) is 14.0 Å². The maximum absolute atomic E-state index is 13.4. The molecule has 8 nitrogen and oxygen atoms in total. The van der Waals surface area contributed by atoms with Crippen LogP contribution in [0.25, 0.3) is 11.7 Å². The highest BCUT2D eigenvalue weighted by molar-refractivity contribution is 6.01. The Morgan fingerprint density at radius 2 is 2.15 bits per heavy atom. The van der Waals surface area contributed by atoms with E-state index < -0.39 is 11.5 Å². The van der Waals surface area contributed by atoms with E-state index in [9.17, 15) is 14.9 Å². The lowest BCUT2D eigenvalue weighted by atomic mass is 10.1. The first-order valence-electron chi connectivity index (χ1n) is 11.3. The second-order valence-electron chi connectivity index (χ2n) is 8.14. The molecule has 0 saturated carbocycles. The third-order valence-electron chi connectivity index (χ3n) is 5.76. The molecule has 1 amide bonds. The number of rotatable bonds is 7. The first-order chi connectivity index (χ1) is 16.5. The van der Waals surface area contributed by atoms with Gasteiger partial charge in [0.1, 0.15) is 28.6 Å². The van der Waals surface area contributed by atoms with Gasteiger partial charge in [-0.1, -0.05) is 25.1 Å². The number of hydrogen-bond acceptors (Lipinski definition) is 6. The zero-order valence-electron chi connectivity index (χ0n) is 19.2. The molecule has 1 aromatic carbocycles. The van der Waals surface area contributed by atoms with Crippen LogP contribution in [-0.4, -0.2) is 34.5 Å². The second kappa shape index (κ2) is 10.3. The number of hydrogen-bond donors (Lipinski definition) is 1. The lowest BCUT2D eigenvalue weighted by Crippen LogP contribution is -2.32. The van der Waals surface area contributed by atoms with Gasteiger partial charge in [0.05, 0.1) is 6.10 Å². The molecule has 1 unspecified atom stereocenters. The number of amides is 1. The van der Waals surface area contributed by atoms with Gasteiger partial charge in [0, 0.05) is 19.3 Å². The molecule has 4 rings (SSSR count). The number of nitrogens with zero attached hydrogens (tertiary/aromatic N) is 3. The summed E-state index contributed by atoms with van der Waals surface area (Å²) in [6.07, 6.45) is 5.46. The summed E-state index contributed by atoms with van der Waals surface area (Å²) >= 11 is 0. The van der Waals surface area contributed by atoms with Crippen molar-refractivity contribution in [2.24, 2.45) is 0 Å². The Balaban J connectivity index is 1.74. The minimum Gasteiger partial charge on any atom is -0.438 e. The average molecular weight is 459 g/mol. The van der Waals surface area contributed by atoms with E-state index in [0.717, 1.165) is 30.4 Å². The highest BCUT2D eigenvalue weighted by Gasteiger charge is 2.20. The van der Waals surface area contributed by atoms with Crippen LogP contribution in [-0.2, 0) is 16.0 Å². The highest BCUT2D eigenvalue weighted by Crippen LogP contribution is 2.25. The van der Waals surface area contributed by atoms with Crippen molar-refractivity contribution in [1.29, 1.82) is 5.26 Å². The van der Waals surface area contributed by atoms with Crippen LogP contribution in [0, 0.1) is 18.3 Å². The van der Waals surface area contributed by atoms with Crippen molar-refractivity contribution in [2.75, 3.05) is 13.2 Å². The Labute approximate surface area is 197 Å². The van der Waals surface area contributed by atoms with Crippen LogP contribution in [0.3, 0.4) is 0 Å². The van der Waals surface area contributed by atoms with E-state index in [-0.39, 0.29) is 23.1 Å². The summed E-state index contributed by atoms with van der Waals surface area (Å²) in [7, 11) is 0. The van der Waals surface area contributed by atoms with Crippen molar-refractivity contribution < 1.29 is 14.3 Å². The molecule has 34 heavy (non-hydrogen) atoms. The van der Waals surface area contributed by atoms with Crippen LogP contribution in [0.2, 0.25) is 0 Å². The Morgan fingerprint density at radius 1 is 1.35 bits per heavy atom. The summed E-state index contributed by atoms with van der Waals surface area (Å²) in [6, 6.07) is 12.9. The quantitative estimate of drug-likeness (QED) is 0.429. The van der Waals surface area contributed by atoms with Crippen LogP contribution in [0.1, 0.15) is 36.5 Å². The summed E-state index contributed by atoms with van der Waals surface area (Å²) in [4.78, 5) is 30.6. The maximum atomic E-state index is 13.4. The molecule has 3 aromatic rings. The number of carbonyl (C=O) groups excluding carboxylic acids is 1. The zero-order chi connectivity index (χ0) is 24.1. The van der Waals surface area contributed by atoms with Gasteiger partial charge in [0.2, 0.25) is 5.88 Å². The van der Waals surface area contributed by atoms with Gasteiger partial charge in [0.25, 0.3) is 11.5 Å². The Bertz CT molecular complexity index is 1330. The van der Waals surface area contributed by atoms with Gasteiger partial charge in [-0.05, 0) is 61.6 Å². The SMILES string of the molecule is CCc1ccc(Oc2nc3c(C)cccn3c(=O)c2C=C(C#N)C(=O)NCC2CCCO2)cc1. The predicted octanol–water partition coefficient (Wildman–Crippen LogP) is 3.56. The van der Waals surface area contributed by atoms with E-state index in [0.29, 0.717) is 24.5 Å². The second-order valence-corrected chi connectivity index (χ2v) is 8.14. The molecule has 0 spiro atoms. The van der Waals surface area contributed by atoms with Crippen molar-refractivity contribution in [3.8, 4) is 17.7 Å². The number of nitrogens with one attached hydrogen (secondary N) is 1. The van der Waals surface area contributed by atoms with Crippen LogP contribution in [0.5, 0.6) is 11.6 Å². The summed E-state index contributed by atoms with van der Waals surface area (Å²) in [5.41, 5.74) is 1.74. The van der Waals surface area contributed by atoms with E-state index >= 15 is 0 Å². The summed E-state index contributed by atoms with van der Waals surface area (Å²) < 4.78 is 12.9. The molecule has 1 atom stereocenters. The molecule has 1 aliphatic heterocycles. The molecule has 0 aliphatic carbocycles. The number of fused-ring (bicyclic) bond motifs is 1. The number of ether oxygens (including phenoxy) is 2. The Kier molecular flexibility index (Phi) is 7.04. The fourth-order valence-corrected chi connectivity index (χ4v) is 3.80. The third-order valence-corrected chi connectivity index (χ3v) is 5.76. The normalized spacial score (nSPS) is 15.8. The highest BCUT2D eigenvalue weighted by atomic mass is 16.5. The number of aryl methyl sites for hydroxylation is 2. The van der Waals surface area contributed by atoms with Crippen molar-refractivity contribution >= 4 is 17.6 Å². The number of nitriles is 1. The maximum Gasteiger partial charge on any atom is 0.269 e. The predicted molar refractivity (Wildman–Crippen MR) is 128 cm³/mol. The van der Waals surface area contributed by atoms with E-state index in [1.807, 2.05) is 31.2 Å². The Hall–Kier alpha value is -3.96. The zero-order valence-corrected chi connectivity index (χ0v) is 19.2. The first kappa shape index (κ1) is 23.2. The molecule has 1 fully saturated rings. The molecule has 1 saturated heterocycles. The fraction of sp³-hybridized carbons (Fsp3) is 0.308. The first-order valence-corrected chi connectivity index (χ1v) is 11.3. The standard InChI is InChI=1S/C26H26N4O4/c1-3-18-8-10-20(11-9-18)34-25-22(26(32)30-12-4-6-17(2)23(30)29-25)14-19(15-27)24(31)28-16-21-7-5-13-33-21/h4,6,8-12,14,21H,3,5,7,13,16H2,1-2H3,(H,28,31). The van der Waals surface area contributed by atoms with Crippen molar-refractivity contribution in [3.63, 3.8) is 0 Å². The molecule has 174 valence electrons. The monoisotopic (exact) mass is 458 g/mol. The van der Waals surface area contributed by atoms with E-state index in [4.69, 9.17) is 9.47 Å². The van der Waals surface area contributed by atoms with Crippen LogP contribution < -0.4 is 15.6 Å². The van der Waals surface area contributed by atoms with E-state index in [2.05, 4.69) is 17.2 Å². The van der Waals surface area contributed by atoms with Gasteiger partial charge in [-0.2, -0.15) is 10.2 Å². The third kappa shape index (κ3) is 5.00. The van der Waals surface area contributed by atoms with Crippen LogP contribution in [0.15, 0.2) is 53.0 Å². The van der Waals surface area contributed by atoms with Gasteiger partial charge >= 0.3 is 0 Å². The molecule has 0 radical (unpaired) electrons. The van der Waals surface area contributed by atoms with Crippen molar-refractivity contribution in [3.05, 3.63) is 75.2 Å². The van der Waals surface area contributed by atoms with Crippen molar-refractivity contribution in [2.45, 2.75) is 39.2 Å². The largest absolute Gasteiger partial charge is 0.438 e. The molecule has 1 aliphatic rings. The Morgan fingerprint density at radius 3 is 2.82 bits per heavy atom. The number of carbonyl (C=O) groups is 1. The fourth-order valence-electron chi connectivity index (χ4n) is 3.80. The van der Waals surface area contributed by atoms with Gasteiger partial charge in [-0.15, -0.1) is 0 Å². The minimum atomic E-state index is -0.579. The summed E-state index contributed by atoms with van der Waals surface area (Å²) in [6.45, 7) is 4.87. The lowest BCUT2D eigenvalue weighted by molar-refractivity contribution is -0.117. The van der Waals surface area contributed by atoms with Crippen molar-refractivity contribution in [1.82, 2.24) is 14.7 Å². The topological polar surface area (TPSA) is 106 Å². The number of pyridine rings is 1.